The number of nitrogens with one attached hydrogen (secondary N) is 1. The molecule has 7 nitrogen and oxygen atoms in total. The normalized spacial score (nSPS) is 25.1. The average molecular weight is 306 g/mol. The number of aliphatic carboxylic acids is 1. The van der Waals surface area contributed by atoms with E-state index >= 15 is 0 Å². The van der Waals surface area contributed by atoms with Crippen LogP contribution in [0.1, 0.15) is 20.3 Å². The van der Waals surface area contributed by atoms with E-state index in [1.54, 1.807) is 11.8 Å². The molecule has 2 amide bonds. The predicted octanol–water partition coefficient (Wildman–Crippen LogP) is 0.172. The van der Waals surface area contributed by atoms with Crippen LogP contribution in [0, 0.1) is 11.8 Å². The van der Waals surface area contributed by atoms with E-state index in [1.807, 2.05) is 0 Å². The molecule has 0 aromatic rings. The predicted molar refractivity (Wildman–Crippen MR) is 74.2 cm³/mol. The Morgan fingerprint density at radius 2 is 2.05 bits per heavy atom. The lowest BCUT2D eigenvalue weighted by Gasteiger charge is -2.35. The van der Waals surface area contributed by atoms with Crippen LogP contribution >= 0.6 is 0 Å². The van der Waals surface area contributed by atoms with Gasteiger partial charge in [-0.2, -0.15) is 0 Å². The highest BCUT2D eigenvalue weighted by Gasteiger charge is 2.33. The Labute approximate surface area is 119 Å². The van der Waals surface area contributed by atoms with Gasteiger partial charge >= 0.3 is 12.0 Å². The Hall–Kier alpha value is -1.31. The van der Waals surface area contributed by atoms with Crippen molar-refractivity contribution < 1.29 is 23.1 Å². The van der Waals surface area contributed by atoms with Gasteiger partial charge in [0.05, 0.1) is 11.2 Å². The van der Waals surface area contributed by atoms with Crippen LogP contribution in [-0.2, 0) is 14.6 Å². The molecule has 8 heteroatoms. The van der Waals surface area contributed by atoms with Gasteiger partial charge in [0.2, 0.25) is 0 Å². The third-order valence-corrected chi connectivity index (χ3v) is 5.41. The number of hydrogen-bond donors (Lipinski definition) is 2. The van der Waals surface area contributed by atoms with Crippen LogP contribution in [0.15, 0.2) is 0 Å². The first-order valence-corrected chi connectivity index (χ1v) is 8.52. The van der Waals surface area contributed by atoms with Gasteiger partial charge in [0.25, 0.3) is 0 Å². The lowest BCUT2D eigenvalue weighted by molar-refractivity contribution is -0.145. The second kappa shape index (κ2) is 6.43. The lowest BCUT2D eigenvalue weighted by atomic mass is 9.87. The summed E-state index contributed by atoms with van der Waals surface area (Å²) in [7, 11) is -3.17. The number of piperidine rings is 1. The fourth-order valence-corrected chi connectivity index (χ4v) is 2.58. The Morgan fingerprint density at radius 3 is 2.50 bits per heavy atom. The number of carbonyl (C=O) groups excluding carboxylic acids is 1. The number of sulfone groups is 1. The third kappa shape index (κ3) is 4.36. The molecule has 0 spiro atoms. The summed E-state index contributed by atoms with van der Waals surface area (Å²) in [6.45, 7) is 4.15. The van der Waals surface area contributed by atoms with Crippen LogP contribution in [0.4, 0.5) is 4.79 Å². The summed E-state index contributed by atoms with van der Waals surface area (Å²) in [5, 5.41) is 11.0. The summed E-state index contributed by atoms with van der Waals surface area (Å²) in [5.74, 6) is -1.36. The molecule has 0 bridgehead atoms. The van der Waals surface area contributed by atoms with Crippen molar-refractivity contribution in [3.05, 3.63) is 0 Å². The van der Waals surface area contributed by atoms with E-state index in [9.17, 15) is 18.0 Å². The Morgan fingerprint density at radius 1 is 1.45 bits per heavy atom. The molecule has 1 aliphatic rings. The van der Waals surface area contributed by atoms with Crippen LogP contribution in [0.5, 0.6) is 0 Å². The molecule has 0 radical (unpaired) electrons. The SMILES string of the molecule is CC1CN(C(=O)NCC(C)S(C)(=O)=O)CCC1C(=O)O. The first-order chi connectivity index (χ1) is 9.12. The molecule has 3 atom stereocenters. The van der Waals surface area contributed by atoms with Crippen LogP contribution < -0.4 is 5.32 Å². The molecule has 0 aromatic heterocycles. The molecule has 116 valence electrons. The summed E-state index contributed by atoms with van der Waals surface area (Å²) < 4.78 is 22.5. The Kier molecular flexibility index (Phi) is 5.38. The number of nitrogens with zero attached hydrogens (tertiary/aromatic N) is 1. The topological polar surface area (TPSA) is 104 Å². The highest BCUT2D eigenvalue weighted by Crippen LogP contribution is 2.23. The van der Waals surface area contributed by atoms with E-state index in [0.717, 1.165) is 6.26 Å². The van der Waals surface area contributed by atoms with E-state index in [0.29, 0.717) is 19.5 Å². The molecule has 1 rings (SSSR count). The first-order valence-electron chi connectivity index (χ1n) is 6.57. The summed E-state index contributed by atoms with van der Waals surface area (Å²) in [6, 6.07) is -0.337. The van der Waals surface area contributed by atoms with Gasteiger partial charge in [-0.3, -0.25) is 4.79 Å². The minimum absolute atomic E-state index is 0.0604. The smallest absolute Gasteiger partial charge is 0.317 e. The molecule has 1 heterocycles. The van der Waals surface area contributed by atoms with Crippen molar-refractivity contribution in [2.24, 2.45) is 11.8 Å². The highest BCUT2D eigenvalue weighted by atomic mass is 32.2. The number of carboxylic acids is 1. The van der Waals surface area contributed by atoms with E-state index in [-0.39, 0.29) is 18.5 Å². The number of amides is 2. The van der Waals surface area contributed by atoms with Crippen molar-refractivity contribution in [3.63, 3.8) is 0 Å². The van der Waals surface area contributed by atoms with Gasteiger partial charge in [0, 0.05) is 25.9 Å². The Bertz CT molecular complexity index is 476. The molecule has 3 unspecified atom stereocenters. The number of carbonyl (C=O) groups is 2. The number of carboxylic acid groups (broad SMARTS) is 1. The van der Waals surface area contributed by atoms with Crippen molar-refractivity contribution in [3.8, 4) is 0 Å². The maximum Gasteiger partial charge on any atom is 0.317 e. The fourth-order valence-electron chi connectivity index (χ4n) is 2.19. The summed E-state index contributed by atoms with van der Waals surface area (Å²) in [4.78, 5) is 24.4. The number of urea groups is 1. The number of likely N-dealkylation sites (tertiary alicyclic amines) is 1. The summed E-state index contributed by atoms with van der Waals surface area (Å²) in [6.07, 6.45) is 1.55. The number of rotatable bonds is 4. The van der Waals surface area contributed by atoms with Gasteiger partial charge in [-0.1, -0.05) is 6.92 Å². The van der Waals surface area contributed by atoms with Gasteiger partial charge in [-0.05, 0) is 19.3 Å². The fraction of sp³-hybridized carbons (Fsp3) is 0.833. The lowest BCUT2D eigenvalue weighted by Crippen LogP contribution is -2.50. The molecule has 0 aromatic carbocycles. The zero-order valence-electron chi connectivity index (χ0n) is 12.0. The van der Waals surface area contributed by atoms with Crippen LogP contribution in [0.2, 0.25) is 0 Å². The summed E-state index contributed by atoms with van der Waals surface area (Å²) in [5.41, 5.74) is 0. The second-order valence-electron chi connectivity index (χ2n) is 5.48. The van der Waals surface area contributed by atoms with Crippen molar-refractivity contribution in [1.29, 1.82) is 0 Å². The van der Waals surface area contributed by atoms with Crippen molar-refractivity contribution >= 4 is 21.8 Å². The minimum Gasteiger partial charge on any atom is -0.481 e. The minimum atomic E-state index is -3.17. The molecule has 1 saturated heterocycles. The van der Waals surface area contributed by atoms with E-state index in [4.69, 9.17) is 5.11 Å². The molecule has 20 heavy (non-hydrogen) atoms. The summed E-state index contributed by atoms with van der Waals surface area (Å²) >= 11 is 0. The number of hydrogen-bond acceptors (Lipinski definition) is 4. The molecular formula is C12H22N2O5S. The van der Waals surface area contributed by atoms with E-state index in [1.165, 1.54) is 6.92 Å². The van der Waals surface area contributed by atoms with E-state index < -0.39 is 27.0 Å². The van der Waals surface area contributed by atoms with Gasteiger partial charge in [-0.25, -0.2) is 13.2 Å². The van der Waals surface area contributed by atoms with Gasteiger partial charge in [0.15, 0.2) is 9.84 Å². The Balaban J connectivity index is 2.48. The second-order valence-corrected chi connectivity index (χ2v) is 7.95. The molecule has 0 aliphatic carbocycles. The molecule has 2 N–H and O–H groups in total. The monoisotopic (exact) mass is 306 g/mol. The van der Waals surface area contributed by atoms with Gasteiger partial charge in [-0.15, -0.1) is 0 Å². The highest BCUT2D eigenvalue weighted by molar-refractivity contribution is 7.91. The molecular weight excluding hydrogens is 284 g/mol. The maximum absolute atomic E-state index is 11.9. The van der Waals surface area contributed by atoms with Crippen LogP contribution in [-0.4, -0.2) is 61.6 Å². The van der Waals surface area contributed by atoms with Crippen molar-refractivity contribution in [2.45, 2.75) is 25.5 Å². The average Bonchev–Trinajstić information content (AvgIpc) is 2.33. The first kappa shape index (κ1) is 16.7. The standard InChI is InChI=1S/C12H22N2O5S/c1-8-7-14(5-4-10(8)11(15)16)12(17)13-6-9(2)20(3,18)19/h8-10H,4-7H2,1-3H3,(H,13,17)(H,15,16). The molecule has 0 saturated carbocycles. The molecule has 1 aliphatic heterocycles. The van der Waals surface area contributed by atoms with Crippen molar-refractivity contribution in [2.75, 3.05) is 25.9 Å². The van der Waals surface area contributed by atoms with Gasteiger partial charge in [0.1, 0.15) is 0 Å². The van der Waals surface area contributed by atoms with E-state index in [2.05, 4.69) is 5.32 Å². The van der Waals surface area contributed by atoms with Crippen LogP contribution in [0.25, 0.3) is 0 Å². The van der Waals surface area contributed by atoms with Gasteiger partial charge < -0.3 is 15.3 Å². The third-order valence-electron chi connectivity index (χ3n) is 3.78. The quantitative estimate of drug-likeness (QED) is 0.770. The largest absolute Gasteiger partial charge is 0.481 e. The maximum atomic E-state index is 11.9. The molecule has 1 fully saturated rings. The van der Waals surface area contributed by atoms with Crippen molar-refractivity contribution in [1.82, 2.24) is 10.2 Å². The zero-order chi connectivity index (χ0) is 15.5. The van der Waals surface area contributed by atoms with Crippen LogP contribution in [0.3, 0.4) is 0 Å². The zero-order valence-corrected chi connectivity index (χ0v) is 12.8.